The summed E-state index contributed by atoms with van der Waals surface area (Å²) in [6, 6.07) is 3.81. The van der Waals surface area contributed by atoms with Crippen LogP contribution in [0.2, 0.25) is 0 Å². The number of hydrogen-bond donors (Lipinski definition) is 3. The maximum atomic E-state index is 15.3. The molecule has 3 fully saturated rings. The van der Waals surface area contributed by atoms with Gasteiger partial charge in [0.05, 0.1) is 13.7 Å². The molecule has 18 heteroatoms. The molecule has 1 aromatic heterocycles. The summed E-state index contributed by atoms with van der Waals surface area (Å²) < 4.78 is 82.9. The number of nitrogens with zero attached hydrogens (tertiary/aromatic N) is 3. The van der Waals surface area contributed by atoms with E-state index in [1.165, 1.54) is 13.3 Å². The summed E-state index contributed by atoms with van der Waals surface area (Å²) in [4.78, 5) is 62.6. The third-order valence-corrected chi connectivity index (χ3v) is 14.7. The Bertz CT molecular complexity index is 2090. The van der Waals surface area contributed by atoms with Crippen molar-refractivity contribution in [3.8, 4) is 11.6 Å². The van der Waals surface area contributed by atoms with Crippen LogP contribution in [0.15, 0.2) is 42.6 Å². The molecule has 58 heavy (non-hydrogen) atoms. The molecule has 14 nitrogen and oxygen atoms in total. The average molecular weight is 836 g/mol. The third-order valence-electron chi connectivity index (χ3n) is 12.6. The molecular weight excluding hydrogens is 784 g/mol. The molecule has 3 heterocycles. The van der Waals surface area contributed by atoms with E-state index < -0.39 is 92.3 Å². The smallest absolute Gasteiger partial charge is 0.408 e. The fraction of sp³-hybridized carbons (Fsp3) is 0.625. The van der Waals surface area contributed by atoms with Crippen molar-refractivity contribution in [1.29, 1.82) is 0 Å². The molecule has 0 bridgehead atoms. The third kappa shape index (κ3) is 7.92. The van der Waals surface area contributed by atoms with Crippen LogP contribution in [0.3, 0.4) is 0 Å². The molecule has 0 radical (unpaired) electrons. The van der Waals surface area contributed by atoms with Crippen molar-refractivity contribution in [3.63, 3.8) is 0 Å². The number of halogens is 3. The van der Waals surface area contributed by atoms with E-state index in [1.54, 1.807) is 43.3 Å². The molecule has 2 aliphatic carbocycles. The highest BCUT2D eigenvalue weighted by molar-refractivity contribution is 7.91. The minimum atomic E-state index is -4.47. The van der Waals surface area contributed by atoms with Gasteiger partial charge < -0.3 is 24.8 Å². The Morgan fingerprint density at radius 2 is 1.84 bits per heavy atom. The molecule has 0 spiro atoms. The minimum Gasteiger partial charge on any atom is -0.497 e. The van der Waals surface area contributed by atoms with E-state index in [1.807, 2.05) is 11.6 Å². The van der Waals surface area contributed by atoms with Crippen molar-refractivity contribution in [2.45, 2.75) is 119 Å². The largest absolute Gasteiger partial charge is 0.497 e. The summed E-state index contributed by atoms with van der Waals surface area (Å²) in [5.74, 6) is -7.31. The topological polar surface area (TPSA) is 185 Å². The lowest BCUT2D eigenvalue weighted by molar-refractivity contribution is -0.156. The van der Waals surface area contributed by atoms with Gasteiger partial charge in [-0.1, -0.05) is 26.0 Å². The van der Waals surface area contributed by atoms with Crippen LogP contribution in [-0.4, -0.2) is 112 Å². The molecule has 4 aliphatic rings. The molecule has 1 saturated heterocycles. The highest BCUT2D eigenvalue weighted by atomic mass is 32.2. The van der Waals surface area contributed by atoms with Gasteiger partial charge in [0.2, 0.25) is 27.7 Å². The maximum absolute atomic E-state index is 15.3. The summed E-state index contributed by atoms with van der Waals surface area (Å²) >= 11 is 0. The second-order valence-corrected chi connectivity index (χ2v) is 19.2. The summed E-state index contributed by atoms with van der Waals surface area (Å²) in [5, 5.41) is 14.6. The van der Waals surface area contributed by atoms with E-state index in [0.717, 1.165) is 18.7 Å². The molecular formula is C40H52F3N5O9S. The number of fused-ring (bicyclic) bond motifs is 3. The molecule has 0 unspecified atom stereocenters. The fourth-order valence-electron chi connectivity index (χ4n) is 8.32. The number of methoxy groups -OCH3 is 1. The van der Waals surface area contributed by atoms with Gasteiger partial charge in [-0.25, -0.2) is 31.4 Å². The van der Waals surface area contributed by atoms with E-state index in [9.17, 15) is 32.3 Å². The van der Waals surface area contributed by atoms with Crippen LogP contribution in [0.1, 0.15) is 79.6 Å². The second-order valence-electron chi connectivity index (χ2n) is 17.1. The monoisotopic (exact) mass is 835 g/mol. The Kier molecular flexibility index (Phi) is 11.5. The van der Waals surface area contributed by atoms with Crippen LogP contribution in [0.4, 0.5) is 18.0 Å². The fourth-order valence-corrected chi connectivity index (χ4v) is 9.75. The normalized spacial score (nSPS) is 28.9. The predicted octanol–water partition coefficient (Wildman–Crippen LogP) is 5.21. The number of ether oxygens (including phenoxy) is 2. The first kappa shape index (κ1) is 43.0. The highest BCUT2D eigenvalue weighted by Gasteiger charge is 2.64. The van der Waals surface area contributed by atoms with Crippen LogP contribution in [0.25, 0.3) is 10.8 Å². The number of carbonyl (C=O) groups is 4. The summed E-state index contributed by atoms with van der Waals surface area (Å²) in [6.07, 6.45) is 3.48. The van der Waals surface area contributed by atoms with Crippen LogP contribution < -0.4 is 19.5 Å². The van der Waals surface area contributed by atoms with Gasteiger partial charge in [0.25, 0.3) is 11.8 Å². The van der Waals surface area contributed by atoms with Crippen molar-refractivity contribution in [1.82, 2.24) is 24.8 Å². The SMILES string of the molecule is COc1ccc2c(O[C@@H]3C[C@H]4C(=O)N[C@]5(C(=O)NS(=O)(=O)C6(CF)CC6)C[C@H]5C=CCC[C@@H](C)C[C@@H](C)[C@H](N(C(=O)O)C(C)(C)C(C)(F)F)C(=O)N4C3)nccc2c1. The van der Waals surface area contributed by atoms with Gasteiger partial charge in [0.15, 0.2) is 0 Å². The lowest BCUT2D eigenvalue weighted by Crippen LogP contribution is -2.66. The number of hydrogen-bond acceptors (Lipinski definition) is 9. The molecule has 1 aromatic carbocycles. The van der Waals surface area contributed by atoms with Crippen molar-refractivity contribution in [3.05, 3.63) is 42.6 Å². The summed E-state index contributed by atoms with van der Waals surface area (Å²) in [5.41, 5.74) is -4.17. The molecule has 318 valence electrons. The van der Waals surface area contributed by atoms with Crippen LogP contribution in [0, 0.1) is 17.8 Å². The maximum Gasteiger partial charge on any atom is 0.408 e. The zero-order chi connectivity index (χ0) is 42.6. The molecule has 2 saturated carbocycles. The molecule has 2 aromatic rings. The van der Waals surface area contributed by atoms with Crippen LogP contribution in [-0.2, 0) is 24.4 Å². The van der Waals surface area contributed by atoms with Gasteiger partial charge in [0, 0.05) is 30.8 Å². The van der Waals surface area contributed by atoms with E-state index in [0.29, 0.717) is 41.2 Å². The van der Waals surface area contributed by atoms with Crippen molar-refractivity contribution in [2.24, 2.45) is 17.8 Å². The van der Waals surface area contributed by atoms with Gasteiger partial charge in [-0.2, -0.15) is 0 Å². The first-order chi connectivity index (χ1) is 27.1. The molecule has 6 rings (SSSR count). The van der Waals surface area contributed by atoms with Gasteiger partial charge in [-0.15, -0.1) is 0 Å². The number of allylic oxidation sites excluding steroid dienone is 1. The number of alkyl halides is 3. The number of sulfonamides is 1. The van der Waals surface area contributed by atoms with Gasteiger partial charge in [0.1, 0.15) is 46.4 Å². The lowest BCUT2D eigenvalue weighted by atomic mass is 9.84. The van der Waals surface area contributed by atoms with Crippen molar-refractivity contribution >= 4 is 44.6 Å². The summed E-state index contributed by atoms with van der Waals surface area (Å²) in [7, 11) is -2.95. The first-order valence-corrected chi connectivity index (χ1v) is 21.0. The van der Waals surface area contributed by atoms with E-state index in [4.69, 9.17) is 9.47 Å². The van der Waals surface area contributed by atoms with Gasteiger partial charge >= 0.3 is 6.09 Å². The number of amides is 4. The standard InChI is InChI=1S/C40H52F3N5O9S/c1-23-9-7-8-10-26-20-40(26,35(51)46-58(54,55)39(22-41)14-15-39)45-32(49)30-19-28(57-33-29-12-11-27(56-6)18-25(29)13-16-44-33)21-47(30)34(50)31(24(2)17-23)48(36(52)53)37(3,4)38(5,42)43/h8,10-13,16,18,23-24,26,28,30-31H,7,9,14-15,17,19-22H2,1-6H3,(H,45,49)(H,46,51)(H,52,53)/t23-,24-,26-,28-,30+,31+,40-/m1/s1. The zero-order valence-electron chi connectivity index (χ0n) is 33.5. The Morgan fingerprint density at radius 3 is 2.47 bits per heavy atom. The Hall–Kier alpha value is -4.61. The quantitative estimate of drug-likeness (QED) is 0.269. The number of nitrogens with one attached hydrogen (secondary N) is 2. The summed E-state index contributed by atoms with van der Waals surface area (Å²) in [6.45, 7) is 4.71. The highest BCUT2D eigenvalue weighted by Crippen LogP contribution is 2.48. The number of benzene rings is 1. The number of pyridine rings is 1. The second kappa shape index (κ2) is 15.5. The Morgan fingerprint density at radius 1 is 1.14 bits per heavy atom. The van der Waals surface area contributed by atoms with Crippen LogP contribution >= 0.6 is 0 Å². The lowest BCUT2D eigenvalue weighted by Gasteiger charge is -2.47. The first-order valence-electron chi connectivity index (χ1n) is 19.5. The van der Waals surface area contributed by atoms with Gasteiger partial charge in [-0.05, 0) is 93.9 Å². The predicted molar refractivity (Wildman–Crippen MR) is 206 cm³/mol. The van der Waals surface area contributed by atoms with Crippen molar-refractivity contribution in [2.75, 3.05) is 20.3 Å². The number of aromatic nitrogens is 1. The Labute approximate surface area is 335 Å². The minimum absolute atomic E-state index is 0.00494. The van der Waals surface area contributed by atoms with E-state index in [-0.39, 0.29) is 50.4 Å². The average Bonchev–Trinajstić information content (AvgIpc) is 4.05. The number of carbonyl (C=O) groups excluding carboxylic acids is 3. The number of rotatable bonds is 10. The zero-order valence-corrected chi connectivity index (χ0v) is 34.3. The molecule has 2 aliphatic heterocycles. The molecule has 3 N–H and O–H groups in total. The Balaban J connectivity index is 1.42. The number of carboxylic acid groups (broad SMARTS) is 1. The van der Waals surface area contributed by atoms with Gasteiger partial charge in [-0.3, -0.25) is 24.0 Å². The van der Waals surface area contributed by atoms with Crippen LogP contribution in [0.5, 0.6) is 11.6 Å². The van der Waals surface area contributed by atoms with E-state index >= 15 is 13.6 Å². The molecule has 7 atom stereocenters. The van der Waals surface area contributed by atoms with Crippen molar-refractivity contribution < 1.29 is 55.3 Å². The van der Waals surface area contributed by atoms with E-state index in [2.05, 4.69) is 10.3 Å². The molecule has 4 amide bonds.